The number of hydrogen-bond acceptors (Lipinski definition) is 5. The fourth-order valence-corrected chi connectivity index (χ4v) is 3.74. The van der Waals surface area contributed by atoms with E-state index >= 15 is 0 Å². The molecule has 1 N–H and O–H groups in total. The van der Waals surface area contributed by atoms with Gasteiger partial charge in [0.1, 0.15) is 6.54 Å². The molecule has 0 fully saturated rings. The summed E-state index contributed by atoms with van der Waals surface area (Å²) in [6, 6.07) is 5.38. The highest BCUT2D eigenvalue weighted by atomic mass is 32.2. The van der Waals surface area contributed by atoms with E-state index in [9.17, 15) is 21.6 Å². The maximum atomic E-state index is 12.1. The summed E-state index contributed by atoms with van der Waals surface area (Å²) in [5, 5.41) is 2.66. The number of sulfonamides is 2. The summed E-state index contributed by atoms with van der Waals surface area (Å²) < 4.78 is 50.2. The molecule has 0 saturated heterocycles. The van der Waals surface area contributed by atoms with E-state index in [1.807, 2.05) is 6.92 Å². The van der Waals surface area contributed by atoms with E-state index in [-0.39, 0.29) is 17.1 Å². The predicted molar refractivity (Wildman–Crippen MR) is 97.4 cm³/mol. The molecule has 25 heavy (non-hydrogen) atoms. The number of amides is 1. The number of carbonyl (C=O) groups excluding carboxylic acids is 1. The van der Waals surface area contributed by atoms with Crippen LogP contribution in [0.3, 0.4) is 0 Å². The summed E-state index contributed by atoms with van der Waals surface area (Å²) in [6.07, 6.45) is 2.72. The molecular weight excluding hydrogens is 366 g/mol. The first-order valence-electron chi connectivity index (χ1n) is 7.77. The van der Waals surface area contributed by atoms with Gasteiger partial charge < -0.3 is 5.32 Å². The maximum absolute atomic E-state index is 12.1. The van der Waals surface area contributed by atoms with Crippen LogP contribution in [-0.4, -0.2) is 60.5 Å². The monoisotopic (exact) mass is 391 g/mol. The highest BCUT2D eigenvalue weighted by Crippen LogP contribution is 2.21. The van der Waals surface area contributed by atoms with Crippen LogP contribution in [0.5, 0.6) is 0 Å². The Labute approximate surface area is 149 Å². The number of nitrogens with one attached hydrogen (secondary N) is 1. The lowest BCUT2D eigenvalue weighted by atomic mass is 10.3. The third-order valence-electron chi connectivity index (χ3n) is 3.44. The van der Waals surface area contributed by atoms with E-state index in [1.165, 1.54) is 38.4 Å². The van der Waals surface area contributed by atoms with E-state index in [1.54, 1.807) is 0 Å². The molecule has 142 valence electrons. The minimum absolute atomic E-state index is 0.0436. The smallest absolute Gasteiger partial charge is 0.242 e. The van der Waals surface area contributed by atoms with E-state index in [4.69, 9.17) is 0 Å². The Balaban J connectivity index is 3.04. The summed E-state index contributed by atoms with van der Waals surface area (Å²) >= 11 is 0. The zero-order chi connectivity index (χ0) is 19.3. The van der Waals surface area contributed by atoms with Crippen molar-refractivity contribution in [1.82, 2.24) is 9.62 Å². The molecule has 10 heteroatoms. The summed E-state index contributed by atoms with van der Waals surface area (Å²) in [7, 11) is -4.48. The largest absolute Gasteiger partial charge is 0.355 e. The van der Waals surface area contributed by atoms with Crippen LogP contribution in [0.1, 0.15) is 19.8 Å². The molecule has 0 saturated carbocycles. The van der Waals surface area contributed by atoms with Gasteiger partial charge in [-0.05, 0) is 30.7 Å². The van der Waals surface area contributed by atoms with Crippen molar-refractivity contribution in [3.05, 3.63) is 24.3 Å². The van der Waals surface area contributed by atoms with Crippen molar-refractivity contribution in [2.24, 2.45) is 0 Å². The van der Waals surface area contributed by atoms with E-state index in [2.05, 4.69) is 5.32 Å². The third kappa shape index (κ3) is 5.98. The molecule has 0 aliphatic rings. The lowest BCUT2D eigenvalue weighted by molar-refractivity contribution is -0.119. The first-order valence-corrected chi connectivity index (χ1v) is 11.1. The topological polar surface area (TPSA) is 104 Å². The van der Waals surface area contributed by atoms with Gasteiger partial charge in [-0.3, -0.25) is 9.10 Å². The van der Waals surface area contributed by atoms with Gasteiger partial charge in [0, 0.05) is 20.6 Å². The standard InChI is InChI=1S/C15H25N3O5S2/c1-5-6-11-16-15(19)12-18(24(4,20)21)13-7-9-14(10-8-13)25(22,23)17(2)3/h7-10H,5-6,11-12H2,1-4H3,(H,16,19). The second-order valence-electron chi connectivity index (χ2n) is 5.75. The van der Waals surface area contributed by atoms with Gasteiger partial charge in [0.15, 0.2) is 0 Å². The molecule has 0 bridgehead atoms. The van der Waals surface area contributed by atoms with Crippen LogP contribution in [0.15, 0.2) is 29.2 Å². The van der Waals surface area contributed by atoms with Gasteiger partial charge in [-0.15, -0.1) is 0 Å². The van der Waals surface area contributed by atoms with Gasteiger partial charge in [-0.2, -0.15) is 0 Å². The fraction of sp³-hybridized carbons (Fsp3) is 0.533. The number of carbonyl (C=O) groups is 1. The lowest BCUT2D eigenvalue weighted by Gasteiger charge is -2.22. The molecular formula is C15H25N3O5S2. The zero-order valence-electron chi connectivity index (χ0n) is 14.9. The second kappa shape index (κ2) is 8.63. The molecule has 1 rings (SSSR count). The van der Waals surface area contributed by atoms with Crippen molar-refractivity contribution in [1.29, 1.82) is 0 Å². The normalized spacial score (nSPS) is 12.2. The van der Waals surface area contributed by atoms with Crippen molar-refractivity contribution in [2.75, 3.05) is 37.7 Å². The van der Waals surface area contributed by atoms with Crippen molar-refractivity contribution in [3.63, 3.8) is 0 Å². The molecule has 0 atom stereocenters. The summed E-state index contributed by atoms with van der Waals surface area (Å²) in [6.45, 7) is 2.10. The summed E-state index contributed by atoms with van der Waals surface area (Å²) in [5.74, 6) is -0.413. The summed E-state index contributed by atoms with van der Waals surface area (Å²) in [5.41, 5.74) is 0.228. The molecule has 0 aliphatic heterocycles. The van der Waals surface area contributed by atoms with Crippen molar-refractivity contribution >= 4 is 31.6 Å². The highest BCUT2D eigenvalue weighted by molar-refractivity contribution is 7.92. The third-order valence-corrected chi connectivity index (χ3v) is 6.41. The van der Waals surface area contributed by atoms with E-state index < -0.39 is 26.0 Å². The molecule has 0 unspecified atom stereocenters. The maximum Gasteiger partial charge on any atom is 0.242 e. The Bertz CT molecular complexity index is 787. The Morgan fingerprint density at radius 1 is 1.08 bits per heavy atom. The Kier molecular flexibility index (Phi) is 7.39. The van der Waals surface area contributed by atoms with Crippen LogP contribution >= 0.6 is 0 Å². The van der Waals surface area contributed by atoms with Gasteiger partial charge in [-0.25, -0.2) is 21.1 Å². The predicted octanol–water partition coefficient (Wildman–Crippen LogP) is 0.619. The Morgan fingerprint density at radius 2 is 1.64 bits per heavy atom. The molecule has 0 aromatic heterocycles. The van der Waals surface area contributed by atoms with Gasteiger partial charge in [0.2, 0.25) is 26.0 Å². The van der Waals surface area contributed by atoms with Gasteiger partial charge in [0.05, 0.1) is 16.8 Å². The first-order chi connectivity index (χ1) is 11.5. The van der Waals surface area contributed by atoms with Crippen LogP contribution in [0.2, 0.25) is 0 Å². The number of hydrogen-bond donors (Lipinski definition) is 1. The summed E-state index contributed by atoms with van der Waals surface area (Å²) in [4.78, 5) is 12.0. The highest BCUT2D eigenvalue weighted by Gasteiger charge is 2.22. The average Bonchev–Trinajstić information content (AvgIpc) is 2.52. The minimum atomic E-state index is -3.70. The molecule has 0 radical (unpaired) electrons. The number of rotatable bonds is 9. The van der Waals surface area contributed by atoms with Crippen molar-refractivity contribution in [2.45, 2.75) is 24.7 Å². The van der Waals surface area contributed by atoms with Gasteiger partial charge in [-0.1, -0.05) is 13.3 Å². The van der Waals surface area contributed by atoms with Crippen LogP contribution in [-0.2, 0) is 24.8 Å². The van der Waals surface area contributed by atoms with Crippen molar-refractivity contribution in [3.8, 4) is 0 Å². The molecule has 8 nitrogen and oxygen atoms in total. The quantitative estimate of drug-likeness (QED) is 0.622. The number of unbranched alkanes of at least 4 members (excludes halogenated alkanes) is 1. The molecule has 1 aromatic rings. The number of anilines is 1. The lowest BCUT2D eigenvalue weighted by Crippen LogP contribution is -2.40. The van der Waals surface area contributed by atoms with Crippen LogP contribution in [0.4, 0.5) is 5.69 Å². The number of nitrogens with zero attached hydrogens (tertiary/aromatic N) is 2. The minimum Gasteiger partial charge on any atom is -0.355 e. The molecule has 0 spiro atoms. The van der Waals surface area contributed by atoms with Gasteiger partial charge in [0.25, 0.3) is 0 Å². The van der Waals surface area contributed by atoms with E-state index in [0.717, 1.165) is 27.7 Å². The first kappa shape index (κ1) is 21.4. The van der Waals surface area contributed by atoms with E-state index in [0.29, 0.717) is 6.54 Å². The fourth-order valence-electron chi connectivity index (χ4n) is 1.99. The Morgan fingerprint density at radius 3 is 2.08 bits per heavy atom. The molecule has 1 amide bonds. The molecule has 0 aliphatic carbocycles. The zero-order valence-corrected chi connectivity index (χ0v) is 16.5. The van der Waals surface area contributed by atoms with Crippen LogP contribution in [0, 0.1) is 0 Å². The number of benzene rings is 1. The van der Waals surface area contributed by atoms with Crippen molar-refractivity contribution < 1.29 is 21.6 Å². The van der Waals surface area contributed by atoms with Crippen LogP contribution in [0.25, 0.3) is 0 Å². The second-order valence-corrected chi connectivity index (χ2v) is 9.81. The molecule has 1 aromatic carbocycles. The van der Waals surface area contributed by atoms with Gasteiger partial charge >= 0.3 is 0 Å². The SMILES string of the molecule is CCCCNC(=O)CN(c1ccc(S(=O)(=O)N(C)C)cc1)S(C)(=O)=O. The van der Waals surface area contributed by atoms with Crippen LogP contribution < -0.4 is 9.62 Å². The molecule has 0 heterocycles. The average molecular weight is 392 g/mol. The Hall–Kier alpha value is -1.65.